The van der Waals surface area contributed by atoms with Crippen molar-refractivity contribution in [3.8, 4) is 11.8 Å². The number of carbonyl (C=O) groups excluding carboxylic acids is 1. The third kappa shape index (κ3) is 2.31. The lowest BCUT2D eigenvalue weighted by molar-refractivity contribution is -0.122. The van der Waals surface area contributed by atoms with Crippen molar-refractivity contribution in [1.29, 1.82) is 5.26 Å². The van der Waals surface area contributed by atoms with Crippen molar-refractivity contribution in [2.45, 2.75) is 25.7 Å². The molecule has 3 nitrogen and oxygen atoms in total. The molecule has 0 saturated heterocycles. The summed E-state index contributed by atoms with van der Waals surface area (Å²) in [5, 5.41) is 8.58. The normalized spacial score (nSPS) is 18.4. The average molecular weight is 229 g/mol. The summed E-state index contributed by atoms with van der Waals surface area (Å²) in [5.41, 5.74) is 2.21. The molecular formula is C14H15NO2. The molecule has 0 saturated carbocycles. The predicted octanol–water partition coefficient (Wildman–Crippen LogP) is 2.28. The highest BCUT2D eigenvalue weighted by Gasteiger charge is 2.27. The lowest BCUT2D eigenvalue weighted by atomic mass is 9.80. The highest BCUT2D eigenvalue weighted by atomic mass is 16.5. The van der Waals surface area contributed by atoms with Gasteiger partial charge in [0.2, 0.25) is 0 Å². The van der Waals surface area contributed by atoms with Crippen LogP contribution in [0.2, 0.25) is 0 Å². The van der Waals surface area contributed by atoms with Gasteiger partial charge in [0.25, 0.3) is 0 Å². The van der Waals surface area contributed by atoms with Crippen molar-refractivity contribution in [3.63, 3.8) is 0 Å². The Bertz CT molecular complexity index is 474. The van der Waals surface area contributed by atoms with Crippen molar-refractivity contribution in [1.82, 2.24) is 0 Å². The summed E-state index contributed by atoms with van der Waals surface area (Å²) in [6.45, 7) is 0. The fourth-order valence-electron chi connectivity index (χ4n) is 2.39. The van der Waals surface area contributed by atoms with Crippen molar-refractivity contribution in [3.05, 3.63) is 29.3 Å². The first-order chi connectivity index (χ1) is 8.26. The second-order valence-corrected chi connectivity index (χ2v) is 4.34. The first-order valence-corrected chi connectivity index (χ1v) is 5.80. The van der Waals surface area contributed by atoms with E-state index in [1.807, 2.05) is 18.2 Å². The Morgan fingerprint density at radius 1 is 1.53 bits per heavy atom. The van der Waals surface area contributed by atoms with Gasteiger partial charge in [-0.15, -0.1) is 0 Å². The minimum atomic E-state index is 0.00857. The summed E-state index contributed by atoms with van der Waals surface area (Å²) in [5.74, 6) is 1.04. The molecule has 0 heterocycles. The van der Waals surface area contributed by atoms with Gasteiger partial charge in [-0.25, -0.2) is 0 Å². The Balaban J connectivity index is 2.24. The number of methoxy groups -OCH3 is 1. The van der Waals surface area contributed by atoms with Gasteiger partial charge in [0.05, 0.1) is 13.2 Å². The van der Waals surface area contributed by atoms with Crippen LogP contribution in [-0.2, 0) is 17.6 Å². The number of fused-ring (bicyclic) bond motifs is 1. The Kier molecular flexibility index (Phi) is 3.43. The molecule has 0 N–H and O–H groups in total. The first kappa shape index (κ1) is 11.7. The van der Waals surface area contributed by atoms with E-state index in [2.05, 4.69) is 6.07 Å². The molecule has 2 rings (SSSR count). The number of ketones is 1. The third-order valence-electron chi connectivity index (χ3n) is 3.33. The molecule has 0 aromatic heterocycles. The molecule has 1 aromatic carbocycles. The van der Waals surface area contributed by atoms with Crippen LogP contribution in [-0.4, -0.2) is 12.9 Å². The van der Waals surface area contributed by atoms with Crippen LogP contribution in [0, 0.1) is 17.2 Å². The summed E-state index contributed by atoms with van der Waals surface area (Å²) < 4.78 is 5.27. The zero-order valence-corrected chi connectivity index (χ0v) is 9.90. The summed E-state index contributed by atoms with van der Waals surface area (Å²) in [4.78, 5) is 12.0. The minimum absolute atomic E-state index is 0.00857. The Labute approximate surface area is 101 Å². The monoisotopic (exact) mass is 229 g/mol. The van der Waals surface area contributed by atoms with Gasteiger partial charge >= 0.3 is 0 Å². The lowest BCUT2D eigenvalue weighted by Crippen LogP contribution is -2.25. The van der Waals surface area contributed by atoms with Crippen molar-refractivity contribution < 1.29 is 9.53 Å². The summed E-state index contributed by atoms with van der Waals surface area (Å²) in [6.07, 6.45) is 2.31. The van der Waals surface area contributed by atoms with Crippen molar-refractivity contribution in [2.75, 3.05) is 7.11 Å². The maximum absolute atomic E-state index is 12.0. The molecule has 0 radical (unpaired) electrons. The number of nitriles is 1. The van der Waals surface area contributed by atoms with Gasteiger partial charge < -0.3 is 4.74 Å². The maximum atomic E-state index is 12.0. The van der Waals surface area contributed by atoms with Gasteiger partial charge in [0.15, 0.2) is 0 Å². The van der Waals surface area contributed by atoms with Gasteiger partial charge in [0.1, 0.15) is 11.5 Å². The number of ether oxygens (including phenoxy) is 1. The van der Waals surface area contributed by atoms with E-state index in [0.29, 0.717) is 19.3 Å². The van der Waals surface area contributed by atoms with Crippen LogP contribution in [0.5, 0.6) is 5.75 Å². The van der Waals surface area contributed by atoms with E-state index in [9.17, 15) is 4.79 Å². The third-order valence-corrected chi connectivity index (χ3v) is 3.33. The fourth-order valence-corrected chi connectivity index (χ4v) is 2.39. The van der Waals surface area contributed by atoms with E-state index in [4.69, 9.17) is 10.00 Å². The molecule has 0 fully saturated rings. The molecule has 88 valence electrons. The van der Waals surface area contributed by atoms with Crippen LogP contribution in [0.1, 0.15) is 24.0 Å². The van der Waals surface area contributed by atoms with E-state index in [-0.39, 0.29) is 11.7 Å². The van der Waals surface area contributed by atoms with Gasteiger partial charge in [-0.1, -0.05) is 12.1 Å². The number of rotatable bonds is 3. The summed E-state index contributed by atoms with van der Waals surface area (Å²) in [6, 6.07) is 7.99. The molecule has 0 unspecified atom stereocenters. The standard InChI is InChI=1S/C14H15NO2/c1-17-14-6-2-4-10-8-11(5-3-7-15)13(16)9-12(10)14/h2,4,6,11H,3,5,8-9H2,1H3/t11-/m0/s1. The van der Waals surface area contributed by atoms with Crippen LogP contribution in [0.25, 0.3) is 0 Å². The van der Waals surface area contributed by atoms with Crippen molar-refractivity contribution in [2.24, 2.45) is 5.92 Å². The predicted molar refractivity (Wildman–Crippen MR) is 63.7 cm³/mol. The fraction of sp³-hybridized carbons (Fsp3) is 0.429. The highest BCUT2D eigenvalue weighted by molar-refractivity contribution is 5.86. The van der Waals surface area contributed by atoms with E-state index in [1.165, 1.54) is 5.56 Å². The number of hydrogen-bond donors (Lipinski definition) is 0. The van der Waals surface area contributed by atoms with Crippen LogP contribution >= 0.6 is 0 Å². The second kappa shape index (κ2) is 5.01. The molecule has 1 aromatic rings. The number of benzene rings is 1. The molecule has 1 atom stereocenters. The average Bonchev–Trinajstić information content (AvgIpc) is 2.35. The molecule has 0 amide bonds. The molecule has 0 bridgehead atoms. The van der Waals surface area contributed by atoms with Crippen LogP contribution < -0.4 is 4.74 Å². The minimum Gasteiger partial charge on any atom is -0.496 e. The number of carbonyl (C=O) groups is 1. The Morgan fingerprint density at radius 2 is 2.35 bits per heavy atom. The molecule has 3 heteroatoms. The zero-order valence-electron chi connectivity index (χ0n) is 9.90. The number of Topliss-reactive ketones (excluding diaryl/α,β-unsaturated/α-hetero) is 1. The quantitative estimate of drug-likeness (QED) is 0.799. The van der Waals surface area contributed by atoms with E-state index >= 15 is 0 Å². The van der Waals surface area contributed by atoms with Gasteiger partial charge in [-0.3, -0.25) is 4.79 Å². The molecule has 0 spiro atoms. The van der Waals surface area contributed by atoms with Crippen LogP contribution in [0.15, 0.2) is 18.2 Å². The van der Waals surface area contributed by atoms with Gasteiger partial charge in [0, 0.05) is 24.3 Å². The zero-order chi connectivity index (χ0) is 12.3. The number of hydrogen-bond acceptors (Lipinski definition) is 3. The largest absolute Gasteiger partial charge is 0.496 e. The summed E-state index contributed by atoms with van der Waals surface area (Å²) >= 11 is 0. The van der Waals surface area contributed by atoms with Crippen LogP contribution in [0.4, 0.5) is 0 Å². The first-order valence-electron chi connectivity index (χ1n) is 5.80. The molecule has 0 aliphatic heterocycles. The van der Waals surface area contributed by atoms with Crippen LogP contribution in [0.3, 0.4) is 0 Å². The molecule has 1 aliphatic carbocycles. The molecular weight excluding hydrogens is 214 g/mol. The molecule has 17 heavy (non-hydrogen) atoms. The van der Waals surface area contributed by atoms with Gasteiger partial charge in [-0.05, 0) is 24.5 Å². The maximum Gasteiger partial charge on any atom is 0.140 e. The Morgan fingerprint density at radius 3 is 3.06 bits per heavy atom. The van der Waals surface area contributed by atoms with E-state index in [0.717, 1.165) is 17.7 Å². The van der Waals surface area contributed by atoms with Gasteiger partial charge in [-0.2, -0.15) is 5.26 Å². The second-order valence-electron chi connectivity index (χ2n) is 4.34. The topological polar surface area (TPSA) is 50.1 Å². The highest BCUT2D eigenvalue weighted by Crippen LogP contribution is 2.31. The van der Waals surface area contributed by atoms with Crippen molar-refractivity contribution >= 4 is 5.78 Å². The Hall–Kier alpha value is -1.82. The summed E-state index contributed by atoms with van der Waals surface area (Å²) in [7, 11) is 1.63. The van der Waals surface area contributed by atoms with E-state index < -0.39 is 0 Å². The van der Waals surface area contributed by atoms with E-state index in [1.54, 1.807) is 7.11 Å². The molecule has 1 aliphatic rings. The number of nitrogens with zero attached hydrogens (tertiary/aromatic N) is 1. The lowest BCUT2D eigenvalue weighted by Gasteiger charge is -2.24. The smallest absolute Gasteiger partial charge is 0.140 e. The SMILES string of the molecule is COc1cccc2c1CC(=O)[C@@H](CCC#N)C2.